The summed E-state index contributed by atoms with van der Waals surface area (Å²) < 4.78 is 6.18. The van der Waals surface area contributed by atoms with Gasteiger partial charge in [-0.15, -0.1) is 0 Å². The van der Waals surface area contributed by atoms with Crippen molar-refractivity contribution in [2.75, 3.05) is 6.61 Å². The monoisotopic (exact) mass is 246 g/mol. The molecule has 2 aliphatic rings. The maximum Gasteiger partial charge on any atom is 0.0775 e. The fourth-order valence-corrected chi connectivity index (χ4v) is 3.74. The fourth-order valence-electron chi connectivity index (χ4n) is 3.74. The minimum absolute atomic E-state index is 0.0999. The molecular formula is C16H22O2. The lowest BCUT2D eigenvalue weighted by atomic mass is 9.68. The van der Waals surface area contributed by atoms with Gasteiger partial charge in [0.2, 0.25) is 0 Å². The van der Waals surface area contributed by atoms with Crippen LogP contribution in [0.2, 0.25) is 0 Å². The molecule has 1 saturated heterocycles. The average Bonchev–Trinajstić information content (AvgIpc) is 2.40. The topological polar surface area (TPSA) is 29.5 Å². The predicted molar refractivity (Wildman–Crippen MR) is 71.6 cm³/mol. The van der Waals surface area contributed by atoms with Gasteiger partial charge >= 0.3 is 0 Å². The van der Waals surface area contributed by atoms with E-state index in [0.29, 0.717) is 12.5 Å². The molecule has 1 aliphatic heterocycles. The van der Waals surface area contributed by atoms with E-state index in [-0.39, 0.29) is 11.7 Å². The Labute approximate surface area is 109 Å². The number of benzene rings is 1. The van der Waals surface area contributed by atoms with Crippen molar-refractivity contribution in [1.82, 2.24) is 0 Å². The fraction of sp³-hybridized carbons (Fsp3) is 0.625. The third-order valence-electron chi connectivity index (χ3n) is 4.60. The number of hydrogen-bond donors (Lipinski definition) is 1. The lowest BCUT2D eigenvalue weighted by Crippen LogP contribution is -2.48. The Morgan fingerprint density at radius 2 is 1.94 bits per heavy atom. The van der Waals surface area contributed by atoms with Gasteiger partial charge < -0.3 is 9.84 Å². The maximum absolute atomic E-state index is 10.0. The summed E-state index contributed by atoms with van der Waals surface area (Å²) in [5, 5.41) is 10.0. The highest BCUT2D eigenvalue weighted by Crippen LogP contribution is 2.47. The zero-order valence-electron chi connectivity index (χ0n) is 10.8. The second-order valence-corrected chi connectivity index (χ2v) is 5.77. The van der Waals surface area contributed by atoms with Gasteiger partial charge in [-0.25, -0.2) is 0 Å². The second-order valence-electron chi connectivity index (χ2n) is 5.77. The molecule has 2 nitrogen and oxygen atoms in total. The second kappa shape index (κ2) is 5.02. The standard InChI is InChI=1S/C16H22O2/c17-14-9-11-18-16(12-14)10-5-4-8-15(16)13-6-2-1-3-7-13/h1-3,6-7,14-15,17H,4-5,8-12H2. The van der Waals surface area contributed by atoms with Gasteiger partial charge in [-0.3, -0.25) is 0 Å². The molecule has 0 aromatic heterocycles. The molecule has 1 heterocycles. The first kappa shape index (κ1) is 12.2. The van der Waals surface area contributed by atoms with Crippen molar-refractivity contribution in [2.24, 2.45) is 0 Å². The smallest absolute Gasteiger partial charge is 0.0775 e. The molecule has 0 amide bonds. The van der Waals surface area contributed by atoms with Gasteiger partial charge in [0, 0.05) is 18.9 Å². The van der Waals surface area contributed by atoms with E-state index in [9.17, 15) is 5.11 Å². The summed E-state index contributed by atoms with van der Waals surface area (Å²) in [4.78, 5) is 0. The summed E-state index contributed by atoms with van der Waals surface area (Å²) in [6.07, 6.45) is 6.23. The summed E-state index contributed by atoms with van der Waals surface area (Å²) in [6.45, 7) is 0.713. The van der Waals surface area contributed by atoms with Crippen LogP contribution in [0.15, 0.2) is 30.3 Å². The van der Waals surface area contributed by atoms with Crippen molar-refractivity contribution in [1.29, 1.82) is 0 Å². The first-order valence-corrected chi connectivity index (χ1v) is 7.17. The van der Waals surface area contributed by atoms with Gasteiger partial charge in [0.1, 0.15) is 0 Å². The lowest BCUT2D eigenvalue weighted by molar-refractivity contribution is -0.146. The number of rotatable bonds is 1. The van der Waals surface area contributed by atoms with Crippen LogP contribution < -0.4 is 0 Å². The summed E-state index contributed by atoms with van der Waals surface area (Å²) in [5.41, 5.74) is 1.28. The van der Waals surface area contributed by atoms with Crippen molar-refractivity contribution < 1.29 is 9.84 Å². The average molecular weight is 246 g/mol. The molecule has 2 fully saturated rings. The van der Waals surface area contributed by atoms with Gasteiger partial charge in [0.25, 0.3) is 0 Å². The van der Waals surface area contributed by atoms with Crippen molar-refractivity contribution in [3.05, 3.63) is 35.9 Å². The van der Waals surface area contributed by atoms with Crippen molar-refractivity contribution in [3.63, 3.8) is 0 Å². The van der Waals surface area contributed by atoms with Crippen LogP contribution in [0.5, 0.6) is 0 Å². The van der Waals surface area contributed by atoms with E-state index in [1.807, 2.05) is 0 Å². The first-order valence-electron chi connectivity index (χ1n) is 7.17. The Hall–Kier alpha value is -0.860. The van der Waals surface area contributed by atoms with Gasteiger partial charge in [-0.1, -0.05) is 43.2 Å². The summed E-state index contributed by atoms with van der Waals surface area (Å²) >= 11 is 0. The Balaban J connectivity index is 1.90. The van der Waals surface area contributed by atoms with Crippen molar-refractivity contribution in [2.45, 2.75) is 56.1 Å². The quantitative estimate of drug-likeness (QED) is 0.824. The molecule has 1 aliphatic carbocycles. The van der Waals surface area contributed by atoms with E-state index >= 15 is 0 Å². The van der Waals surface area contributed by atoms with E-state index in [0.717, 1.165) is 19.3 Å². The SMILES string of the molecule is OC1CCOC2(CCCCC2c2ccccc2)C1. The van der Waals surface area contributed by atoms with Crippen LogP contribution in [0.1, 0.15) is 50.0 Å². The van der Waals surface area contributed by atoms with E-state index in [2.05, 4.69) is 30.3 Å². The minimum Gasteiger partial charge on any atom is -0.393 e. The summed E-state index contributed by atoms with van der Waals surface area (Å²) in [5.74, 6) is 0.461. The third kappa shape index (κ3) is 2.19. The zero-order valence-corrected chi connectivity index (χ0v) is 10.8. The van der Waals surface area contributed by atoms with Crippen molar-refractivity contribution in [3.8, 4) is 0 Å². The molecule has 1 saturated carbocycles. The molecule has 3 unspecified atom stereocenters. The Morgan fingerprint density at radius 1 is 1.11 bits per heavy atom. The van der Waals surface area contributed by atoms with E-state index < -0.39 is 0 Å². The maximum atomic E-state index is 10.0. The normalized spacial score (nSPS) is 36.7. The largest absolute Gasteiger partial charge is 0.393 e. The van der Waals surface area contributed by atoms with E-state index in [1.165, 1.54) is 24.8 Å². The molecule has 2 heteroatoms. The van der Waals surface area contributed by atoms with Crippen molar-refractivity contribution >= 4 is 0 Å². The molecule has 3 atom stereocenters. The van der Waals surface area contributed by atoms with Gasteiger partial charge in [-0.2, -0.15) is 0 Å². The van der Waals surface area contributed by atoms with E-state index in [4.69, 9.17) is 4.74 Å². The molecule has 1 aromatic rings. The molecule has 0 bridgehead atoms. The predicted octanol–water partition coefficient (Wildman–Crippen LogP) is 3.25. The van der Waals surface area contributed by atoms with Crippen LogP contribution in [0.25, 0.3) is 0 Å². The number of aliphatic hydroxyl groups is 1. The number of ether oxygens (including phenoxy) is 1. The minimum atomic E-state index is -0.178. The molecule has 0 radical (unpaired) electrons. The molecule has 1 aromatic carbocycles. The van der Waals surface area contributed by atoms with Crippen LogP contribution in [-0.2, 0) is 4.74 Å². The molecule has 98 valence electrons. The number of hydrogen-bond acceptors (Lipinski definition) is 2. The van der Waals surface area contributed by atoms with Crippen LogP contribution in [-0.4, -0.2) is 23.4 Å². The van der Waals surface area contributed by atoms with Gasteiger partial charge in [0.05, 0.1) is 11.7 Å². The van der Waals surface area contributed by atoms with Crippen LogP contribution in [0.4, 0.5) is 0 Å². The summed E-state index contributed by atoms with van der Waals surface area (Å²) in [7, 11) is 0. The Kier molecular flexibility index (Phi) is 3.40. The molecule has 18 heavy (non-hydrogen) atoms. The molecule has 1 spiro atoms. The molecule has 1 N–H and O–H groups in total. The highest BCUT2D eigenvalue weighted by molar-refractivity contribution is 5.24. The highest BCUT2D eigenvalue weighted by atomic mass is 16.5. The zero-order chi connectivity index (χ0) is 12.4. The Bertz CT molecular complexity index is 385. The van der Waals surface area contributed by atoms with Crippen LogP contribution in [0, 0.1) is 0 Å². The van der Waals surface area contributed by atoms with Gasteiger partial charge in [-0.05, 0) is 24.8 Å². The van der Waals surface area contributed by atoms with Crippen LogP contribution >= 0.6 is 0 Å². The lowest BCUT2D eigenvalue weighted by Gasteiger charge is -2.48. The third-order valence-corrected chi connectivity index (χ3v) is 4.60. The first-order chi connectivity index (χ1) is 8.80. The summed E-state index contributed by atoms with van der Waals surface area (Å²) in [6, 6.07) is 10.7. The molecule has 3 rings (SSSR count). The van der Waals surface area contributed by atoms with Crippen LogP contribution in [0.3, 0.4) is 0 Å². The highest BCUT2D eigenvalue weighted by Gasteiger charge is 2.45. The number of aliphatic hydroxyl groups excluding tert-OH is 1. The van der Waals surface area contributed by atoms with Gasteiger partial charge in [0.15, 0.2) is 0 Å². The molecular weight excluding hydrogens is 224 g/mol. The van der Waals surface area contributed by atoms with E-state index in [1.54, 1.807) is 0 Å². The Morgan fingerprint density at radius 3 is 2.72 bits per heavy atom.